The molecule has 0 unspecified atom stereocenters. The van der Waals surface area contributed by atoms with Gasteiger partial charge in [0.2, 0.25) is 0 Å². The molecule has 0 N–H and O–H groups in total. The molecule has 0 fully saturated rings. The van der Waals surface area contributed by atoms with Gasteiger partial charge in [0.15, 0.2) is 0 Å². The van der Waals surface area contributed by atoms with Gasteiger partial charge >= 0.3 is 11.9 Å². The number of esters is 2. The van der Waals surface area contributed by atoms with Crippen molar-refractivity contribution in [2.24, 2.45) is 0 Å². The van der Waals surface area contributed by atoms with E-state index in [4.69, 9.17) is 16.3 Å². The summed E-state index contributed by atoms with van der Waals surface area (Å²) in [4.78, 5) is 22.6. The van der Waals surface area contributed by atoms with Gasteiger partial charge in [0.1, 0.15) is 13.0 Å². The van der Waals surface area contributed by atoms with E-state index in [1.165, 1.54) is 0 Å². The fraction of sp³-hybridized carbons (Fsp3) is 0.312. The number of benzene rings is 1. The van der Waals surface area contributed by atoms with Gasteiger partial charge in [-0.25, -0.2) is 0 Å². The molecule has 0 spiro atoms. The Morgan fingerprint density at radius 2 is 1.96 bits per heavy atom. The van der Waals surface area contributed by atoms with Gasteiger partial charge < -0.3 is 9.47 Å². The highest BCUT2D eigenvalue weighted by molar-refractivity contribution is 6.31. The lowest BCUT2D eigenvalue weighted by Gasteiger charge is -2.04. The molecule has 2 aromatic rings. The summed E-state index contributed by atoms with van der Waals surface area (Å²) < 4.78 is 11.4. The van der Waals surface area contributed by atoms with Crippen molar-refractivity contribution in [3.63, 3.8) is 0 Å². The van der Waals surface area contributed by atoms with Crippen LogP contribution in [-0.4, -0.2) is 28.3 Å². The minimum atomic E-state index is -0.623. The van der Waals surface area contributed by atoms with Crippen LogP contribution in [0, 0.1) is 0 Å². The minimum Gasteiger partial charge on any atom is -0.466 e. The highest BCUT2D eigenvalue weighted by Gasteiger charge is 2.12. The van der Waals surface area contributed by atoms with Crippen LogP contribution >= 0.6 is 11.6 Å². The molecular weight excluding hydrogens is 320 g/mol. The monoisotopic (exact) mass is 336 g/mol. The number of hydrogen-bond donors (Lipinski definition) is 0. The Morgan fingerprint density at radius 3 is 2.70 bits per heavy atom. The largest absolute Gasteiger partial charge is 0.466 e. The predicted molar refractivity (Wildman–Crippen MR) is 83.8 cm³/mol. The molecule has 0 saturated heterocycles. The lowest BCUT2D eigenvalue weighted by atomic mass is 10.2. The second kappa shape index (κ2) is 8.33. The quantitative estimate of drug-likeness (QED) is 0.574. The third-order valence-corrected chi connectivity index (χ3v) is 3.34. The van der Waals surface area contributed by atoms with Crippen molar-refractivity contribution in [3.8, 4) is 0 Å². The molecule has 0 radical (unpaired) electrons. The van der Waals surface area contributed by atoms with E-state index >= 15 is 0 Å². The average molecular weight is 337 g/mol. The van der Waals surface area contributed by atoms with Crippen LogP contribution in [0.15, 0.2) is 36.7 Å². The van der Waals surface area contributed by atoms with Crippen LogP contribution in [0.3, 0.4) is 0 Å². The zero-order valence-electron chi connectivity index (χ0n) is 12.7. The van der Waals surface area contributed by atoms with Crippen molar-refractivity contribution in [3.05, 3.63) is 52.8 Å². The van der Waals surface area contributed by atoms with Gasteiger partial charge in [-0.05, 0) is 18.6 Å². The first-order valence-corrected chi connectivity index (χ1v) is 7.52. The van der Waals surface area contributed by atoms with Gasteiger partial charge in [-0.1, -0.05) is 29.8 Å². The van der Waals surface area contributed by atoms with Crippen molar-refractivity contribution < 1.29 is 19.1 Å². The number of aromatic nitrogens is 2. The third kappa shape index (κ3) is 5.41. The van der Waals surface area contributed by atoms with Crippen LogP contribution in [0.2, 0.25) is 5.02 Å². The molecule has 0 aliphatic carbocycles. The topological polar surface area (TPSA) is 70.4 Å². The zero-order chi connectivity index (χ0) is 16.7. The summed E-state index contributed by atoms with van der Waals surface area (Å²) in [5.41, 5.74) is 1.68. The van der Waals surface area contributed by atoms with Crippen LogP contribution in [0.1, 0.15) is 24.5 Å². The maximum Gasteiger partial charge on any atom is 0.317 e. The Labute approximate surface area is 139 Å². The zero-order valence-corrected chi connectivity index (χ0v) is 13.5. The SMILES string of the molecule is CCOC(=O)CC(=O)OCc1cnn(Cc2ccccc2Cl)c1. The molecule has 1 aromatic carbocycles. The highest BCUT2D eigenvalue weighted by Crippen LogP contribution is 2.16. The van der Waals surface area contributed by atoms with E-state index in [-0.39, 0.29) is 19.6 Å². The molecule has 0 saturated carbocycles. The molecule has 2 rings (SSSR count). The fourth-order valence-corrected chi connectivity index (χ4v) is 2.11. The van der Waals surface area contributed by atoms with Crippen molar-refractivity contribution in [1.29, 1.82) is 0 Å². The third-order valence-electron chi connectivity index (χ3n) is 2.97. The van der Waals surface area contributed by atoms with Crippen molar-refractivity contribution in [1.82, 2.24) is 9.78 Å². The lowest BCUT2D eigenvalue weighted by molar-refractivity contribution is -0.155. The summed E-state index contributed by atoms with van der Waals surface area (Å²) in [6.45, 7) is 2.49. The second-order valence-corrected chi connectivity index (χ2v) is 5.19. The van der Waals surface area contributed by atoms with Crippen LogP contribution in [-0.2, 0) is 32.2 Å². The Balaban J connectivity index is 1.84. The molecule has 122 valence electrons. The molecule has 0 aliphatic heterocycles. The van der Waals surface area contributed by atoms with E-state index in [1.54, 1.807) is 24.0 Å². The number of rotatable bonds is 7. The molecule has 1 heterocycles. The van der Waals surface area contributed by atoms with Crippen LogP contribution in [0.25, 0.3) is 0 Å². The molecule has 1 aromatic heterocycles. The van der Waals surface area contributed by atoms with E-state index in [0.29, 0.717) is 11.6 Å². The van der Waals surface area contributed by atoms with Crippen molar-refractivity contribution in [2.45, 2.75) is 26.5 Å². The Hall–Kier alpha value is -2.34. The number of halogens is 1. The van der Waals surface area contributed by atoms with Gasteiger partial charge in [-0.2, -0.15) is 5.10 Å². The number of nitrogens with zero attached hydrogens (tertiary/aromatic N) is 2. The number of hydrogen-bond acceptors (Lipinski definition) is 5. The number of carbonyl (C=O) groups excluding carboxylic acids is 2. The fourth-order valence-electron chi connectivity index (χ4n) is 1.91. The Morgan fingerprint density at radius 1 is 1.22 bits per heavy atom. The van der Waals surface area contributed by atoms with E-state index in [0.717, 1.165) is 11.1 Å². The molecule has 23 heavy (non-hydrogen) atoms. The van der Waals surface area contributed by atoms with Gasteiger partial charge in [0.05, 0.1) is 19.3 Å². The van der Waals surface area contributed by atoms with Gasteiger partial charge in [0, 0.05) is 16.8 Å². The van der Waals surface area contributed by atoms with Gasteiger partial charge in [-0.15, -0.1) is 0 Å². The molecule has 0 amide bonds. The van der Waals surface area contributed by atoms with Gasteiger partial charge in [-0.3, -0.25) is 14.3 Å². The first-order valence-electron chi connectivity index (χ1n) is 7.14. The Kier molecular flexibility index (Phi) is 6.17. The maximum atomic E-state index is 11.5. The van der Waals surface area contributed by atoms with E-state index in [1.807, 2.05) is 24.3 Å². The van der Waals surface area contributed by atoms with Crippen LogP contribution in [0.4, 0.5) is 0 Å². The second-order valence-electron chi connectivity index (χ2n) is 4.78. The molecule has 0 aliphatic rings. The molecule has 0 bridgehead atoms. The molecule has 0 atom stereocenters. The summed E-state index contributed by atoms with van der Waals surface area (Å²) >= 11 is 6.10. The number of carbonyl (C=O) groups is 2. The summed E-state index contributed by atoms with van der Waals surface area (Å²) in [5.74, 6) is -1.21. The van der Waals surface area contributed by atoms with E-state index in [9.17, 15) is 9.59 Å². The van der Waals surface area contributed by atoms with Crippen LogP contribution < -0.4 is 0 Å². The number of ether oxygens (including phenoxy) is 2. The van der Waals surface area contributed by atoms with Crippen molar-refractivity contribution >= 4 is 23.5 Å². The first-order chi connectivity index (χ1) is 11.1. The highest BCUT2D eigenvalue weighted by atomic mass is 35.5. The summed E-state index contributed by atoms with van der Waals surface area (Å²) in [7, 11) is 0. The van der Waals surface area contributed by atoms with Gasteiger partial charge in [0.25, 0.3) is 0 Å². The molecular formula is C16H17ClN2O4. The van der Waals surface area contributed by atoms with E-state index < -0.39 is 11.9 Å². The normalized spacial score (nSPS) is 10.3. The Bertz CT molecular complexity index is 684. The van der Waals surface area contributed by atoms with E-state index in [2.05, 4.69) is 9.84 Å². The summed E-state index contributed by atoms with van der Waals surface area (Å²) in [6.07, 6.45) is 2.98. The minimum absolute atomic E-state index is 0.0563. The first kappa shape index (κ1) is 17.0. The summed E-state index contributed by atoms with van der Waals surface area (Å²) in [6, 6.07) is 7.51. The van der Waals surface area contributed by atoms with Crippen LogP contribution in [0.5, 0.6) is 0 Å². The van der Waals surface area contributed by atoms with Crippen molar-refractivity contribution in [2.75, 3.05) is 6.61 Å². The lowest BCUT2D eigenvalue weighted by Crippen LogP contribution is -2.13. The predicted octanol–water partition coefficient (Wildman–Crippen LogP) is 2.58. The maximum absolute atomic E-state index is 11.5. The summed E-state index contributed by atoms with van der Waals surface area (Å²) in [5, 5.41) is 4.87. The molecule has 6 nitrogen and oxygen atoms in total. The average Bonchev–Trinajstić information content (AvgIpc) is 2.95. The smallest absolute Gasteiger partial charge is 0.317 e. The standard InChI is InChI=1S/C16H17ClN2O4/c1-2-22-15(20)7-16(21)23-11-12-8-18-19(9-12)10-13-5-3-4-6-14(13)17/h3-6,8-9H,2,7,10-11H2,1H3. The molecule has 7 heteroatoms.